The molecule has 0 saturated heterocycles. The minimum Gasteiger partial charge on any atom is -0.103 e. The summed E-state index contributed by atoms with van der Waals surface area (Å²) in [5.74, 6) is 5.65. The molecule has 0 nitrogen and oxygen atoms in total. The second-order valence-corrected chi connectivity index (χ2v) is 16.3. The molecule has 4 saturated carbocycles. The maximum Gasteiger partial charge on any atom is 0.0541 e. The molecule has 0 radical (unpaired) electrons. The number of hydrogen-bond acceptors (Lipinski definition) is 0. The smallest absolute Gasteiger partial charge is 0.0541 e. The van der Waals surface area contributed by atoms with Crippen molar-refractivity contribution >= 4 is 8.07 Å². The Morgan fingerprint density at radius 2 is 1.38 bits per heavy atom. The Balaban J connectivity index is 1.48. The molecule has 0 aliphatic heterocycles. The zero-order valence-electron chi connectivity index (χ0n) is 17.7. The average Bonchev–Trinajstić information content (AvgIpc) is 3.25. The predicted octanol–water partition coefficient (Wildman–Crippen LogP) is 8.22. The second kappa shape index (κ2) is 8.14. The molecule has 26 heavy (non-hydrogen) atoms. The lowest BCUT2D eigenvalue weighted by molar-refractivity contribution is 0.184. The van der Waals surface area contributed by atoms with Crippen LogP contribution in [0.15, 0.2) is 12.7 Å². The summed E-state index contributed by atoms with van der Waals surface area (Å²) >= 11 is 0. The maximum atomic E-state index is 3.91. The van der Waals surface area contributed by atoms with E-state index in [1.54, 1.807) is 70.6 Å². The minimum atomic E-state index is -1.16. The van der Waals surface area contributed by atoms with Crippen molar-refractivity contribution in [3.05, 3.63) is 12.7 Å². The monoisotopic (exact) mass is 372 g/mol. The summed E-state index contributed by atoms with van der Waals surface area (Å²) in [6.07, 6.45) is 23.6. The summed E-state index contributed by atoms with van der Waals surface area (Å²) in [6.45, 7) is 9.63. The first kappa shape index (κ1) is 19.3. The van der Waals surface area contributed by atoms with Crippen molar-refractivity contribution in [3.63, 3.8) is 0 Å². The van der Waals surface area contributed by atoms with Crippen molar-refractivity contribution < 1.29 is 0 Å². The molecule has 4 fully saturated rings. The van der Waals surface area contributed by atoms with Gasteiger partial charge in [0.05, 0.1) is 8.07 Å². The average molecular weight is 373 g/mol. The topological polar surface area (TPSA) is 0 Å². The van der Waals surface area contributed by atoms with Crippen molar-refractivity contribution in [2.75, 3.05) is 0 Å². The molecular formula is C25H44Si. The number of hydrogen-bond donors (Lipinski definition) is 0. The lowest BCUT2D eigenvalue weighted by Gasteiger charge is -2.44. The van der Waals surface area contributed by atoms with E-state index in [9.17, 15) is 0 Å². The largest absolute Gasteiger partial charge is 0.103 e. The van der Waals surface area contributed by atoms with E-state index in [0.717, 1.165) is 35.1 Å². The zero-order chi connectivity index (χ0) is 18.1. The summed E-state index contributed by atoms with van der Waals surface area (Å²) < 4.78 is 0. The van der Waals surface area contributed by atoms with Gasteiger partial charge < -0.3 is 0 Å². The van der Waals surface area contributed by atoms with E-state index in [-0.39, 0.29) is 0 Å². The molecule has 4 aliphatic carbocycles. The van der Waals surface area contributed by atoms with E-state index in [0.29, 0.717) is 0 Å². The Labute approximate surface area is 164 Å². The molecule has 0 amide bonds. The molecule has 0 spiro atoms. The molecule has 4 aliphatic rings. The van der Waals surface area contributed by atoms with E-state index in [1.165, 1.54) is 24.8 Å². The van der Waals surface area contributed by atoms with Crippen LogP contribution in [0, 0.1) is 29.6 Å². The van der Waals surface area contributed by atoms with Crippen LogP contribution < -0.4 is 0 Å². The Morgan fingerprint density at radius 1 is 0.808 bits per heavy atom. The normalized spacial score (nSPS) is 43.1. The van der Waals surface area contributed by atoms with Gasteiger partial charge in [-0.3, -0.25) is 0 Å². The Bertz CT molecular complexity index is 459. The van der Waals surface area contributed by atoms with Crippen LogP contribution in [0.3, 0.4) is 0 Å². The van der Waals surface area contributed by atoms with Gasteiger partial charge in [0.2, 0.25) is 0 Å². The van der Waals surface area contributed by atoms with Gasteiger partial charge in [0.1, 0.15) is 0 Å². The van der Waals surface area contributed by atoms with E-state index < -0.39 is 8.07 Å². The summed E-state index contributed by atoms with van der Waals surface area (Å²) in [5, 5.41) is 0. The van der Waals surface area contributed by atoms with Crippen LogP contribution in [-0.2, 0) is 0 Å². The molecule has 0 aromatic rings. The summed E-state index contributed by atoms with van der Waals surface area (Å²) in [7, 11) is -1.16. The number of fused-ring (bicyclic) bond motifs is 3. The molecule has 0 aromatic heterocycles. The van der Waals surface area contributed by atoms with Crippen LogP contribution >= 0.6 is 0 Å². The molecule has 148 valence electrons. The lowest BCUT2D eigenvalue weighted by Crippen LogP contribution is -2.43. The molecule has 6 atom stereocenters. The molecule has 0 N–H and O–H groups in total. The summed E-state index contributed by atoms with van der Waals surface area (Å²) in [5.41, 5.74) is 2.33. The van der Waals surface area contributed by atoms with E-state index in [1.807, 2.05) is 0 Å². The summed E-state index contributed by atoms with van der Waals surface area (Å²) in [6, 6.07) is 0. The fourth-order valence-corrected chi connectivity index (χ4v) is 14.0. The maximum absolute atomic E-state index is 3.91. The third-order valence-corrected chi connectivity index (χ3v) is 14.9. The minimum absolute atomic E-state index is 1.05. The third kappa shape index (κ3) is 3.51. The quantitative estimate of drug-likeness (QED) is 0.250. The van der Waals surface area contributed by atoms with Gasteiger partial charge in [0, 0.05) is 0 Å². The SMILES string of the molecule is C=CCCCC1CCC([Si](C)(C)C2C3CCCCC3C3CCCCC32)C1. The van der Waals surface area contributed by atoms with Crippen LogP contribution in [0.1, 0.15) is 89.9 Å². The van der Waals surface area contributed by atoms with E-state index >= 15 is 0 Å². The fraction of sp³-hybridized carbons (Fsp3) is 0.920. The van der Waals surface area contributed by atoms with Crippen LogP contribution in [0.5, 0.6) is 0 Å². The highest BCUT2D eigenvalue weighted by Crippen LogP contribution is 2.65. The molecule has 0 aromatic carbocycles. The van der Waals surface area contributed by atoms with E-state index in [2.05, 4.69) is 25.7 Å². The van der Waals surface area contributed by atoms with Crippen molar-refractivity contribution in [2.24, 2.45) is 29.6 Å². The van der Waals surface area contributed by atoms with Gasteiger partial charge in [-0.2, -0.15) is 0 Å². The van der Waals surface area contributed by atoms with Crippen molar-refractivity contribution in [3.8, 4) is 0 Å². The number of rotatable bonds is 6. The molecular weight excluding hydrogens is 328 g/mol. The predicted molar refractivity (Wildman–Crippen MR) is 117 cm³/mol. The lowest BCUT2D eigenvalue weighted by atomic mass is 9.73. The highest BCUT2D eigenvalue weighted by Gasteiger charge is 2.58. The van der Waals surface area contributed by atoms with Crippen LogP contribution in [0.25, 0.3) is 0 Å². The fourth-order valence-electron chi connectivity index (χ4n) is 8.59. The molecule has 1 heteroatoms. The van der Waals surface area contributed by atoms with Gasteiger partial charge in [0.15, 0.2) is 0 Å². The van der Waals surface area contributed by atoms with Gasteiger partial charge in [-0.25, -0.2) is 0 Å². The van der Waals surface area contributed by atoms with Crippen molar-refractivity contribution in [1.29, 1.82) is 0 Å². The standard InChI is InChI=1S/C25H44Si/c1-4-5-6-11-19-16-17-20(18-19)26(2,3)25-23-14-9-7-12-21(23)22-13-8-10-15-24(22)25/h4,19-25H,1,5-18H2,2-3H3. The molecule has 4 rings (SSSR count). The molecule has 0 heterocycles. The number of unbranched alkanes of at least 4 members (excludes halogenated alkanes) is 1. The van der Waals surface area contributed by atoms with Crippen molar-refractivity contribution in [1.82, 2.24) is 0 Å². The van der Waals surface area contributed by atoms with E-state index in [4.69, 9.17) is 0 Å². The first-order chi connectivity index (χ1) is 12.6. The second-order valence-electron chi connectivity index (χ2n) is 11.2. The van der Waals surface area contributed by atoms with Gasteiger partial charge in [-0.1, -0.05) is 77.0 Å². The number of allylic oxidation sites excluding steroid dienone is 1. The first-order valence-electron chi connectivity index (χ1n) is 12.2. The van der Waals surface area contributed by atoms with Crippen molar-refractivity contribution in [2.45, 2.75) is 114 Å². The molecule has 6 unspecified atom stereocenters. The van der Waals surface area contributed by atoms with Gasteiger partial charge >= 0.3 is 0 Å². The highest BCUT2D eigenvalue weighted by molar-refractivity contribution is 6.80. The van der Waals surface area contributed by atoms with Gasteiger partial charge in [-0.15, -0.1) is 6.58 Å². The van der Waals surface area contributed by atoms with Crippen LogP contribution in [0.2, 0.25) is 24.2 Å². The molecule has 0 bridgehead atoms. The van der Waals surface area contributed by atoms with Gasteiger partial charge in [-0.05, 0) is 72.8 Å². The Hall–Kier alpha value is -0.0431. The van der Waals surface area contributed by atoms with Gasteiger partial charge in [0.25, 0.3) is 0 Å². The van der Waals surface area contributed by atoms with Crippen LogP contribution in [0.4, 0.5) is 0 Å². The first-order valence-corrected chi connectivity index (χ1v) is 15.4. The third-order valence-electron chi connectivity index (χ3n) is 9.70. The Morgan fingerprint density at radius 3 is 1.96 bits per heavy atom. The summed E-state index contributed by atoms with van der Waals surface area (Å²) in [4.78, 5) is 0. The Kier molecular flexibility index (Phi) is 6.03. The zero-order valence-corrected chi connectivity index (χ0v) is 18.7. The van der Waals surface area contributed by atoms with Crippen LogP contribution in [-0.4, -0.2) is 8.07 Å². The highest BCUT2D eigenvalue weighted by atomic mass is 28.3.